The number of nitrogens with zero attached hydrogens (tertiary/aromatic N) is 2. The van der Waals surface area contributed by atoms with E-state index in [0.717, 1.165) is 16.6 Å². The predicted molar refractivity (Wildman–Crippen MR) is 53.3 cm³/mol. The van der Waals surface area contributed by atoms with E-state index >= 15 is 0 Å². The lowest BCUT2D eigenvalue weighted by molar-refractivity contribution is 0.814. The highest BCUT2D eigenvalue weighted by Crippen LogP contribution is 2.22. The summed E-state index contributed by atoms with van der Waals surface area (Å²) >= 11 is 0. The lowest BCUT2D eigenvalue weighted by Crippen LogP contribution is -2.03. The molecule has 1 unspecified atom stereocenters. The first-order valence-corrected chi connectivity index (χ1v) is 4.35. The van der Waals surface area contributed by atoms with E-state index in [1.807, 2.05) is 30.8 Å². The van der Waals surface area contributed by atoms with Gasteiger partial charge in [-0.3, -0.25) is 0 Å². The van der Waals surface area contributed by atoms with Crippen molar-refractivity contribution in [2.24, 2.45) is 12.8 Å². The quantitative estimate of drug-likeness (QED) is 0.715. The summed E-state index contributed by atoms with van der Waals surface area (Å²) < 4.78 is 2.01. The molecule has 2 N–H and O–H groups in total. The minimum absolute atomic E-state index is 0.0629. The van der Waals surface area contributed by atoms with Crippen LogP contribution >= 0.6 is 0 Å². The number of aryl methyl sites for hydroxylation is 1. The van der Waals surface area contributed by atoms with Crippen molar-refractivity contribution in [1.29, 1.82) is 0 Å². The molecule has 0 bridgehead atoms. The van der Waals surface area contributed by atoms with Gasteiger partial charge in [0.15, 0.2) is 0 Å². The van der Waals surface area contributed by atoms with Crippen molar-refractivity contribution in [2.45, 2.75) is 13.0 Å². The predicted octanol–water partition coefficient (Wildman–Crippen LogP) is 1.59. The average Bonchev–Trinajstić information content (AvgIpc) is 2.45. The molecule has 0 saturated heterocycles. The van der Waals surface area contributed by atoms with Crippen molar-refractivity contribution < 1.29 is 0 Å². The fraction of sp³-hybridized carbons (Fsp3) is 0.300. The summed E-state index contributed by atoms with van der Waals surface area (Å²) in [5.74, 6) is 0. The molecule has 0 aliphatic heterocycles. The molecule has 2 rings (SSSR count). The van der Waals surface area contributed by atoms with Gasteiger partial charge in [-0.05, 0) is 24.6 Å². The first-order valence-electron chi connectivity index (χ1n) is 4.35. The van der Waals surface area contributed by atoms with Crippen LogP contribution in [0, 0.1) is 0 Å². The van der Waals surface area contributed by atoms with E-state index in [0.29, 0.717) is 0 Å². The topological polar surface area (TPSA) is 43.8 Å². The molecule has 2 heterocycles. The zero-order chi connectivity index (χ0) is 9.42. The van der Waals surface area contributed by atoms with E-state index in [1.54, 1.807) is 6.20 Å². The van der Waals surface area contributed by atoms with Gasteiger partial charge in [0.25, 0.3) is 0 Å². The molecule has 0 aliphatic rings. The number of fused-ring (bicyclic) bond motifs is 1. The molecule has 0 aliphatic carbocycles. The Balaban J connectivity index is 2.78. The van der Waals surface area contributed by atoms with E-state index in [1.165, 1.54) is 0 Å². The average molecular weight is 175 g/mol. The third-order valence-electron chi connectivity index (χ3n) is 2.26. The molecule has 0 radical (unpaired) electrons. The Kier molecular flexibility index (Phi) is 1.81. The molecule has 3 nitrogen and oxygen atoms in total. The maximum Gasteiger partial charge on any atom is 0.139 e. The van der Waals surface area contributed by atoms with E-state index in [-0.39, 0.29) is 6.04 Å². The van der Waals surface area contributed by atoms with Gasteiger partial charge in [0.1, 0.15) is 5.65 Å². The maximum atomic E-state index is 5.85. The van der Waals surface area contributed by atoms with E-state index in [2.05, 4.69) is 11.1 Å². The third kappa shape index (κ3) is 1.21. The molecule has 3 heteroatoms. The molecule has 0 saturated carbocycles. The zero-order valence-corrected chi connectivity index (χ0v) is 7.86. The molecule has 1 atom stereocenters. The van der Waals surface area contributed by atoms with Crippen LogP contribution in [0.25, 0.3) is 11.0 Å². The Bertz CT molecular complexity index is 429. The standard InChI is InChI=1S/C10H13N3/c1-7(11)9-6-13(2)10-8(9)4-3-5-12-10/h3-7H,11H2,1-2H3. The highest BCUT2D eigenvalue weighted by molar-refractivity contribution is 5.80. The lowest BCUT2D eigenvalue weighted by atomic mass is 10.1. The summed E-state index contributed by atoms with van der Waals surface area (Å²) in [5.41, 5.74) is 8.01. The van der Waals surface area contributed by atoms with Gasteiger partial charge in [-0.1, -0.05) is 0 Å². The fourth-order valence-electron chi connectivity index (χ4n) is 1.61. The summed E-state index contributed by atoms with van der Waals surface area (Å²) in [5, 5.41) is 1.15. The van der Waals surface area contributed by atoms with Crippen LogP contribution in [0.3, 0.4) is 0 Å². The van der Waals surface area contributed by atoms with Gasteiger partial charge in [0.2, 0.25) is 0 Å². The van der Waals surface area contributed by atoms with Gasteiger partial charge in [-0.2, -0.15) is 0 Å². The Morgan fingerprint density at radius 3 is 3.00 bits per heavy atom. The van der Waals surface area contributed by atoms with Gasteiger partial charge in [0.05, 0.1) is 0 Å². The molecule has 0 fully saturated rings. The monoisotopic (exact) mass is 175 g/mol. The van der Waals surface area contributed by atoms with Gasteiger partial charge in [-0.25, -0.2) is 4.98 Å². The van der Waals surface area contributed by atoms with Crippen LogP contribution in [0.5, 0.6) is 0 Å². The van der Waals surface area contributed by atoms with Crippen LogP contribution < -0.4 is 5.73 Å². The van der Waals surface area contributed by atoms with Crippen LogP contribution in [0.15, 0.2) is 24.5 Å². The van der Waals surface area contributed by atoms with Crippen molar-refractivity contribution in [3.8, 4) is 0 Å². The third-order valence-corrected chi connectivity index (χ3v) is 2.26. The summed E-state index contributed by atoms with van der Waals surface area (Å²) in [4.78, 5) is 4.29. The molecule has 0 spiro atoms. The number of pyridine rings is 1. The minimum atomic E-state index is 0.0629. The maximum absolute atomic E-state index is 5.85. The second-order valence-corrected chi connectivity index (χ2v) is 3.36. The highest BCUT2D eigenvalue weighted by atomic mass is 15.0. The molecule has 68 valence electrons. The Labute approximate surface area is 77.2 Å². The van der Waals surface area contributed by atoms with Crippen LogP contribution in [0.4, 0.5) is 0 Å². The van der Waals surface area contributed by atoms with Crippen LogP contribution in [0.1, 0.15) is 18.5 Å². The smallest absolute Gasteiger partial charge is 0.139 e. The van der Waals surface area contributed by atoms with Crippen molar-refractivity contribution in [1.82, 2.24) is 9.55 Å². The first-order chi connectivity index (χ1) is 6.20. The number of rotatable bonds is 1. The first kappa shape index (κ1) is 8.26. The van der Waals surface area contributed by atoms with Gasteiger partial charge in [-0.15, -0.1) is 0 Å². The normalized spacial score (nSPS) is 13.5. The van der Waals surface area contributed by atoms with Crippen LogP contribution in [-0.2, 0) is 7.05 Å². The Morgan fingerprint density at radius 1 is 1.54 bits per heavy atom. The zero-order valence-electron chi connectivity index (χ0n) is 7.86. The second-order valence-electron chi connectivity index (χ2n) is 3.36. The highest BCUT2D eigenvalue weighted by Gasteiger charge is 2.09. The van der Waals surface area contributed by atoms with Crippen LogP contribution in [0.2, 0.25) is 0 Å². The lowest BCUT2D eigenvalue weighted by Gasteiger charge is -2.00. The molecule has 2 aromatic heterocycles. The molecular weight excluding hydrogens is 162 g/mol. The van der Waals surface area contributed by atoms with E-state index in [9.17, 15) is 0 Å². The van der Waals surface area contributed by atoms with Gasteiger partial charge < -0.3 is 10.3 Å². The number of hydrogen-bond acceptors (Lipinski definition) is 2. The number of hydrogen-bond donors (Lipinski definition) is 1. The van der Waals surface area contributed by atoms with E-state index < -0.39 is 0 Å². The van der Waals surface area contributed by atoms with Gasteiger partial charge in [0, 0.05) is 30.9 Å². The molecule has 0 aromatic carbocycles. The number of nitrogens with two attached hydrogens (primary N) is 1. The fourth-order valence-corrected chi connectivity index (χ4v) is 1.61. The minimum Gasteiger partial charge on any atom is -0.335 e. The molecule has 2 aromatic rings. The van der Waals surface area contributed by atoms with Crippen molar-refractivity contribution in [3.05, 3.63) is 30.1 Å². The van der Waals surface area contributed by atoms with Crippen molar-refractivity contribution in [2.75, 3.05) is 0 Å². The van der Waals surface area contributed by atoms with E-state index in [4.69, 9.17) is 5.73 Å². The Hall–Kier alpha value is -1.35. The van der Waals surface area contributed by atoms with Gasteiger partial charge >= 0.3 is 0 Å². The summed E-state index contributed by atoms with van der Waals surface area (Å²) in [6.45, 7) is 1.99. The SMILES string of the molecule is CC(N)c1cn(C)c2ncccc12. The Morgan fingerprint density at radius 2 is 2.31 bits per heavy atom. The number of aromatic nitrogens is 2. The van der Waals surface area contributed by atoms with Crippen LogP contribution in [-0.4, -0.2) is 9.55 Å². The summed E-state index contributed by atoms with van der Waals surface area (Å²) in [7, 11) is 1.99. The molecular formula is C10H13N3. The summed E-state index contributed by atoms with van der Waals surface area (Å²) in [6.07, 6.45) is 3.84. The van der Waals surface area contributed by atoms with Crippen molar-refractivity contribution in [3.63, 3.8) is 0 Å². The molecule has 13 heavy (non-hydrogen) atoms. The largest absolute Gasteiger partial charge is 0.335 e. The second kappa shape index (κ2) is 2.85. The molecule has 0 amide bonds. The summed E-state index contributed by atoms with van der Waals surface area (Å²) in [6, 6.07) is 4.06. The van der Waals surface area contributed by atoms with Crippen molar-refractivity contribution >= 4 is 11.0 Å².